The van der Waals surface area contributed by atoms with Gasteiger partial charge in [0, 0.05) is 44.8 Å². The van der Waals surface area contributed by atoms with Gasteiger partial charge in [-0.15, -0.1) is 0 Å². The third-order valence-electron chi connectivity index (χ3n) is 6.31. The van der Waals surface area contributed by atoms with Crippen LogP contribution >= 0.6 is 0 Å². The van der Waals surface area contributed by atoms with Crippen LogP contribution in [-0.4, -0.2) is 81.4 Å². The Balaban J connectivity index is 1.74. The van der Waals surface area contributed by atoms with E-state index in [1.54, 1.807) is 20.7 Å². The summed E-state index contributed by atoms with van der Waals surface area (Å²) < 4.78 is 53.3. The van der Waals surface area contributed by atoms with Gasteiger partial charge in [-0.2, -0.15) is 4.31 Å². The molecule has 2 aliphatic rings. The van der Waals surface area contributed by atoms with E-state index in [4.69, 9.17) is 0 Å². The molecule has 0 spiro atoms. The third kappa shape index (κ3) is 4.00. The first-order chi connectivity index (χ1) is 13.1. The topological polar surface area (TPSA) is 78.0 Å². The number of aryl methyl sites for hydroxylation is 1. The van der Waals surface area contributed by atoms with E-state index in [-0.39, 0.29) is 5.54 Å². The van der Waals surface area contributed by atoms with Crippen molar-refractivity contribution in [3.8, 4) is 0 Å². The molecule has 2 aliphatic heterocycles. The first kappa shape index (κ1) is 21.7. The van der Waals surface area contributed by atoms with Crippen molar-refractivity contribution in [2.75, 3.05) is 45.5 Å². The lowest BCUT2D eigenvalue weighted by Gasteiger charge is -2.45. The second-order valence-corrected chi connectivity index (χ2v) is 11.7. The molecule has 1 atom stereocenters. The van der Waals surface area contributed by atoms with Crippen LogP contribution in [0.3, 0.4) is 0 Å². The van der Waals surface area contributed by atoms with Crippen molar-refractivity contribution in [1.82, 2.24) is 13.5 Å². The van der Waals surface area contributed by atoms with Crippen LogP contribution in [0.4, 0.5) is 0 Å². The van der Waals surface area contributed by atoms with Crippen LogP contribution in [0.15, 0.2) is 29.2 Å². The van der Waals surface area contributed by atoms with Crippen LogP contribution in [0.1, 0.15) is 32.3 Å². The van der Waals surface area contributed by atoms with Gasteiger partial charge in [-0.05, 0) is 30.9 Å². The van der Waals surface area contributed by atoms with Gasteiger partial charge in [-0.3, -0.25) is 4.90 Å². The van der Waals surface area contributed by atoms with Crippen LogP contribution in [0, 0.1) is 0 Å². The molecule has 1 aromatic carbocycles. The second kappa shape index (κ2) is 8.02. The zero-order chi connectivity index (χ0) is 20.6. The fraction of sp³-hybridized carbons (Fsp3) is 0.684. The summed E-state index contributed by atoms with van der Waals surface area (Å²) >= 11 is 0. The Hall–Kier alpha value is -1.00. The smallest absolute Gasteiger partial charge is 0.243 e. The molecule has 158 valence electrons. The van der Waals surface area contributed by atoms with E-state index in [9.17, 15) is 16.8 Å². The zero-order valence-electron chi connectivity index (χ0n) is 17.0. The minimum Gasteiger partial charge on any atom is -0.294 e. The van der Waals surface area contributed by atoms with Crippen LogP contribution < -0.4 is 0 Å². The lowest BCUT2D eigenvalue weighted by Crippen LogP contribution is -2.58. The average molecular weight is 430 g/mol. The Morgan fingerprint density at radius 3 is 2.11 bits per heavy atom. The minimum atomic E-state index is -3.51. The molecule has 7 nitrogen and oxygen atoms in total. The number of rotatable bonds is 6. The molecule has 3 rings (SSSR count). The summed E-state index contributed by atoms with van der Waals surface area (Å²) in [5.74, 6) is 0. The molecule has 1 aromatic rings. The molecule has 0 N–H and O–H groups in total. The van der Waals surface area contributed by atoms with Crippen molar-refractivity contribution < 1.29 is 16.8 Å². The molecule has 2 heterocycles. The Kier molecular flexibility index (Phi) is 6.22. The summed E-state index contributed by atoms with van der Waals surface area (Å²) in [6, 6.07) is 7.20. The van der Waals surface area contributed by atoms with Crippen molar-refractivity contribution >= 4 is 20.0 Å². The van der Waals surface area contributed by atoms with Crippen LogP contribution in [-0.2, 0) is 26.5 Å². The second-order valence-electron chi connectivity index (χ2n) is 7.78. The molecule has 28 heavy (non-hydrogen) atoms. The number of hydrogen-bond donors (Lipinski definition) is 0. The first-order valence-electron chi connectivity index (χ1n) is 9.92. The number of nitrogens with zero attached hydrogens (tertiary/aromatic N) is 3. The molecule has 2 fully saturated rings. The Labute approximate surface area is 169 Å². The third-order valence-corrected chi connectivity index (χ3v) is 9.55. The molecule has 0 unspecified atom stereocenters. The molecule has 0 saturated carbocycles. The number of hydrogen-bond acceptors (Lipinski definition) is 5. The monoisotopic (exact) mass is 429 g/mol. The summed E-state index contributed by atoms with van der Waals surface area (Å²) in [4.78, 5) is 2.70. The molecule has 0 aliphatic carbocycles. The van der Waals surface area contributed by atoms with E-state index in [0.29, 0.717) is 50.6 Å². The van der Waals surface area contributed by atoms with E-state index >= 15 is 0 Å². The molecule has 0 amide bonds. The van der Waals surface area contributed by atoms with Gasteiger partial charge in [0.25, 0.3) is 0 Å². The van der Waals surface area contributed by atoms with Gasteiger partial charge >= 0.3 is 0 Å². The zero-order valence-corrected chi connectivity index (χ0v) is 18.6. The lowest BCUT2D eigenvalue weighted by atomic mass is 9.92. The Morgan fingerprint density at radius 2 is 1.57 bits per heavy atom. The molecule has 0 bridgehead atoms. The maximum absolute atomic E-state index is 13.1. The number of benzene rings is 1. The highest BCUT2D eigenvalue weighted by Gasteiger charge is 2.45. The molecule has 0 radical (unpaired) electrons. The van der Waals surface area contributed by atoms with Crippen LogP contribution in [0.25, 0.3) is 0 Å². The predicted molar refractivity (Wildman–Crippen MR) is 110 cm³/mol. The van der Waals surface area contributed by atoms with Crippen LogP contribution in [0.5, 0.6) is 0 Å². The molecular formula is C19H31N3O4S2. The highest BCUT2D eigenvalue weighted by atomic mass is 32.2. The molecule has 0 aromatic heterocycles. The summed E-state index contributed by atoms with van der Waals surface area (Å²) in [6.45, 7) is 7.19. The van der Waals surface area contributed by atoms with Gasteiger partial charge in [0.1, 0.15) is 0 Å². The van der Waals surface area contributed by atoms with Crippen LogP contribution in [0.2, 0.25) is 0 Å². The molecular weight excluding hydrogens is 398 g/mol. The average Bonchev–Trinajstić information content (AvgIpc) is 3.14. The van der Waals surface area contributed by atoms with Crippen molar-refractivity contribution in [2.45, 2.75) is 43.5 Å². The summed E-state index contributed by atoms with van der Waals surface area (Å²) in [5.41, 5.74) is 0.648. The van der Waals surface area contributed by atoms with Gasteiger partial charge < -0.3 is 0 Å². The van der Waals surface area contributed by atoms with E-state index in [1.807, 2.05) is 19.1 Å². The summed E-state index contributed by atoms with van der Waals surface area (Å²) in [5, 5.41) is 0. The number of piperazine rings is 1. The first-order valence-corrected chi connectivity index (χ1v) is 13.2. The normalized spacial score (nSPS) is 26.0. The fourth-order valence-corrected chi connectivity index (χ4v) is 7.08. The van der Waals surface area contributed by atoms with Crippen molar-refractivity contribution in [3.05, 3.63) is 29.8 Å². The molecule has 9 heteroatoms. The Morgan fingerprint density at radius 1 is 0.929 bits per heavy atom. The quantitative estimate of drug-likeness (QED) is 0.683. The van der Waals surface area contributed by atoms with Gasteiger partial charge in [0.2, 0.25) is 20.0 Å². The predicted octanol–water partition coefficient (Wildman–Crippen LogP) is 1.37. The summed E-state index contributed by atoms with van der Waals surface area (Å²) in [7, 11) is -6.71. The van der Waals surface area contributed by atoms with E-state index in [0.717, 1.165) is 18.4 Å². The highest BCUT2D eigenvalue weighted by Crippen LogP contribution is 2.34. The van der Waals surface area contributed by atoms with Gasteiger partial charge in [0.05, 0.1) is 11.2 Å². The maximum Gasteiger partial charge on any atom is 0.243 e. The van der Waals surface area contributed by atoms with Crippen molar-refractivity contribution in [1.29, 1.82) is 0 Å². The largest absolute Gasteiger partial charge is 0.294 e. The summed E-state index contributed by atoms with van der Waals surface area (Å²) in [6.07, 6.45) is 3.58. The maximum atomic E-state index is 13.1. The minimum absolute atomic E-state index is 0.194. The standard InChI is InChI=1S/C19H31N3O4S2/c1-4-17-8-6-7-9-18(17)28(25,26)21-14-12-20(13-15-21)19(5-2)10-11-22(16-19)27(3,23)24/h6-9H,4-5,10-16H2,1-3H3/t19-/m0/s1. The van der Waals surface area contributed by atoms with Gasteiger partial charge in [0.15, 0.2) is 0 Å². The molecule has 2 saturated heterocycles. The van der Waals surface area contributed by atoms with Gasteiger partial charge in [-0.1, -0.05) is 32.0 Å². The highest BCUT2D eigenvalue weighted by molar-refractivity contribution is 7.89. The van der Waals surface area contributed by atoms with Gasteiger partial charge in [-0.25, -0.2) is 21.1 Å². The Bertz CT molecular complexity index is 909. The van der Waals surface area contributed by atoms with Crippen molar-refractivity contribution in [2.24, 2.45) is 0 Å². The lowest BCUT2D eigenvalue weighted by molar-refractivity contribution is 0.0600. The van der Waals surface area contributed by atoms with Crippen molar-refractivity contribution in [3.63, 3.8) is 0 Å². The fourth-order valence-electron chi connectivity index (χ4n) is 4.46. The van der Waals surface area contributed by atoms with E-state index < -0.39 is 20.0 Å². The number of sulfonamides is 2. The SMILES string of the molecule is CCc1ccccc1S(=O)(=O)N1CCN([C@@]2(CC)CCN(S(C)(=O)=O)C2)CC1. The van der Waals surface area contributed by atoms with E-state index in [1.165, 1.54) is 6.26 Å². The van der Waals surface area contributed by atoms with E-state index in [2.05, 4.69) is 11.8 Å².